The quantitative estimate of drug-likeness (QED) is 0.734. The van der Waals surface area contributed by atoms with E-state index >= 15 is 0 Å². The van der Waals surface area contributed by atoms with E-state index in [4.69, 9.17) is 4.74 Å². The maximum atomic E-state index is 13.9. The number of aryl methyl sites for hydroxylation is 1. The maximum Gasteiger partial charge on any atom is 0.241 e. The van der Waals surface area contributed by atoms with E-state index in [1.54, 1.807) is 33.1 Å². The van der Waals surface area contributed by atoms with E-state index in [1.165, 1.54) is 6.07 Å². The van der Waals surface area contributed by atoms with Gasteiger partial charge >= 0.3 is 0 Å². The SMILES string of the molecule is COc1ccc(C(C)NC(C)C(=O)Nc2ccc(C)cc2F)cc1Br. The highest BCUT2D eigenvalue weighted by molar-refractivity contribution is 9.10. The summed E-state index contributed by atoms with van der Waals surface area (Å²) in [4.78, 5) is 12.3. The lowest BCUT2D eigenvalue weighted by Crippen LogP contribution is -2.39. The normalized spacial score (nSPS) is 13.2. The molecule has 25 heavy (non-hydrogen) atoms. The average Bonchev–Trinajstić information content (AvgIpc) is 2.57. The molecule has 0 heterocycles. The summed E-state index contributed by atoms with van der Waals surface area (Å²) in [6, 6.07) is 9.91. The smallest absolute Gasteiger partial charge is 0.241 e. The molecule has 0 aromatic heterocycles. The number of halogens is 2. The molecule has 0 saturated heterocycles. The Balaban J connectivity index is 2.01. The number of nitrogens with one attached hydrogen (secondary N) is 2. The van der Waals surface area contributed by atoms with Crippen molar-refractivity contribution in [1.82, 2.24) is 5.32 Å². The summed E-state index contributed by atoms with van der Waals surface area (Å²) in [5.74, 6) is 0.0199. The molecule has 0 aliphatic carbocycles. The molecule has 1 amide bonds. The van der Waals surface area contributed by atoms with Crippen LogP contribution in [-0.2, 0) is 4.79 Å². The summed E-state index contributed by atoms with van der Waals surface area (Å²) in [6.45, 7) is 5.51. The van der Waals surface area contributed by atoms with Gasteiger partial charge in [-0.3, -0.25) is 10.1 Å². The summed E-state index contributed by atoms with van der Waals surface area (Å²) in [7, 11) is 1.61. The van der Waals surface area contributed by atoms with Gasteiger partial charge in [0.15, 0.2) is 0 Å². The highest BCUT2D eigenvalue weighted by atomic mass is 79.9. The second kappa shape index (κ2) is 8.45. The zero-order valence-corrected chi connectivity index (χ0v) is 16.3. The first kappa shape index (κ1) is 19.4. The van der Waals surface area contributed by atoms with Crippen LogP contribution in [0.4, 0.5) is 10.1 Å². The van der Waals surface area contributed by atoms with Crippen molar-refractivity contribution in [3.05, 3.63) is 57.8 Å². The fraction of sp³-hybridized carbons (Fsp3) is 0.316. The number of carbonyl (C=O) groups is 1. The van der Waals surface area contributed by atoms with Crippen molar-refractivity contribution in [2.24, 2.45) is 0 Å². The van der Waals surface area contributed by atoms with Gasteiger partial charge in [0, 0.05) is 6.04 Å². The largest absolute Gasteiger partial charge is 0.496 e. The van der Waals surface area contributed by atoms with Crippen LogP contribution in [0.25, 0.3) is 0 Å². The highest BCUT2D eigenvalue weighted by Crippen LogP contribution is 2.28. The van der Waals surface area contributed by atoms with Crippen LogP contribution < -0.4 is 15.4 Å². The Labute approximate surface area is 155 Å². The van der Waals surface area contributed by atoms with E-state index in [0.29, 0.717) is 0 Å². The monoisotopic (exact) mass is 408 g/mol. The van der Waals surface area contributed by atoms with E-state index in [1.807, 2.05) is 25.1 Å². The minimum Gasteiger partial charge on any atom is -0.496 e. The molecule has 0 fully saturated rings. The van der Waals surface area contributed by atoms with Gasteiger partial charge in [-0.1, -0.05) is 12.1 Å². The van der Waals surface area contributed by atoms with E-state index in [0.717, 1.165) is 21.3 Å². The number of hydrogen-bond acceptors (Lipinski definition) is 3. The number of benzene rings is 2. The van der Waals surface area contributed by atoms with Crippen LogP contribution in [0.3, 0.4) is 0 Å². The van der Waals surface area contributed by atoms with Crippen LogP contribution in [0, 0.1) is 12.7 Å². The first-order valence-electron chi connectivity index (χ1n) is 7.98. The zero-order valence-electron chi connectivity index (χ0n) is 14.7. The molecule has 2 aromatic carbocycles. The van der Waals surface area contributed by atoms with E-state index in [9.17, 15) is 9.18 Å². The lowest BCUT2D eigenvalue weighted by molar-refractivity contribution is -0.118. The Morgan fingerprint density at radius 3 is 2.52 bits per heavy atom. The van der Waals surface area contributed by atoms with Crippen molar-refractivity contribution >= 4 is 27.5 Å². The Bertz CT molecular complexity index is 767. The number of carbonyl (C=O) groups excluding carboxylic acids is 1. The first-order valence-corrected chi connectivity index (χ1v) is 8.77. The number of ether oxygens (including phenoxy) is 1. The number of rotatable bonds is 6. The standard InChI is InChI=1S/C19H22BrFN2O2/c1-11-5-7-17(16(21)9-11)23-19(24)13(3)22-12(2)14-6-8-18(25-4)15(20)10-14/h5-10,12-13,22H,1-4H3,(H,23,24). The van der Waals surface area contributed by atoms with Gasteiger partial charge in [-0.05, 0) is 72.1 Å². The maximum absolute atomic E-state index is 13.9. The number of anilines is 1. The van der Waals surface area contributed by atoms with Gasteiger partial charge in [-0.25, -0.2) is 4.39 Å². The molecule has 0 radical (unpaired) electrons. The minimum atomic E-state index is -0.489. The van der Waals surface area contributed by atoms with Crippen molar-refractivity contribution < 1.29 is 13.9 Å². The molecule has 2 unspecified atom stereocenters. The summed E-state index contributed by atoms with van der Waals surface area (Å²) >= 11 is 3.46. The molecule has 0 spiro atoms. The van der Waals surface area contributed by atoms with Crippen molar-refractivity contribution in [3.8, 4) is 5.75 Å². The second-order valence-corrected chi connectivity index (χ2v) is 6.83. The molecule has 2 atom stereocenters. The van der Waals surface area contributed by atoms with Gasteiger partial charge in [-0.2, -0.15) is 0 Å². The zero-order chi connectivity index (χ0) is 18.6. The molecular weight excluding hydrogens is 387 g/mol. The fourth-order valence-corrected chi connectivity index (χ4v) is 3.02. The van der Waals surface area contributed by atoms with Crippen molar-refractivity contribution in [2.45, 2.75) is 32.9 Å². The van der Waals surface area contributed by atoms with Crippen LogP contribution in [0.1, 0.15) is 31.0 Å². The van der Waals surface area contributed by atoms with E-state index in [2.05, 4.69) is 26.6 Å². The van der Waals surface area contributed by atoms with Gasteiger partial charge in [0.1, 0.15) is 11.6 Å². The molecule has 2 aromatic rings. The average molecular weight is 409 g/mol. The van der Waals surface area contributed by atoms with Crippen molar-refractivity contribution in [1.29, 1.82) is 0 Å². The summed E-state index contributed by atoms with van der Waals surface area (Å²) in [6.07, 6.45) is 0. The molecule has 2 N–H and O–H groups in total. The summed E-state index contributed by atoms with van der Waals surface area (Å²) in [5, 5.41) is 5.83. The molecule has 0 aliphatic rings. The van der Waals surface area contributed by atoms with Crippen LogP contribution >= 0.6 is 15.9 Å². The third-order valence-corrected chi connectivity index (χ3v) is 4.57. The van der Waals surface area contributed by atoms with Crippen LogP contribution in [0.15, 0.2) is 40.9 Å². The molecule has 6 heteroatoms. The van der Waals surface area contributed by atoms with E-state index < -0.39 is 11.9 Å². The van der Waals surface area contributed by atoms with Gasteiger partial charge in [0.2, 0.25) is 5.91 Å². The third kappa shape index (κ3) is 5.03. The molecule has 0 bridgehead atoms. The predicted octanol–water partition coefficient (Wildman–Crippen LogP) is 4.58. The number of hydrogen-bond donors (Lipinski definition) is 2. The lowest BCUT2D eigenvalue weighted by Gasteiger charge is -2.21. The first-order chi connectivity index (χ1) is 11.8. The lowest BCUT2D eigenvalue weighted by atomic mass is 10.1. The Morgan fingerprint density at radius 1 is 1.20 bits per heavy atom. The van der Waals surface area contributed by atoms with Crippen molar-refractivity contribution in [3.63, 3.8) is 0 Å². The second-order valence-electron chi connectivity index (χ2n) is 5.98. The van der Waals surface area contributed by atoms with Crippen molar-refractivity contribution in [2.75, 3.05) is 12.4 Å². The highest BCUT2D eigenvalue weighted by Gasteiger charge is 2.18. The van der Waals surface area contributed by atoms with Gasteiger partial charge in [0.05, 0.1) is 23.3 Å². The molecular formula is C19H22BrFN2O2. The van der Waals surface area contributed by atoms with Gasteiger partial charge < -0.3 is 10.1 Å². The predicted molar refractivity (Wildman–Crippen MR) is 101 cm³/mol. The van der Waals surface area contributed by atoms with E-state index in [-0.39, 0.29) is 17.6 Å². The topological polar surface area (TPSA) is 50.4 Å². The fourth-order valence-electron chi connectivity index (χ4n) is 2.46. The number of amides is 1. The Hall–Kier alpha value is -1.92. The van der Waals surface area contributed by atoms with Crippen LogP contribution in [0.2, 0.25) is 0 Å². The molecule has 0 aliphatic heterocycles. The summed E-state index contributed by atoms with van der Waals surface area (Å²) < 4.78 is 19.9. The molecule has 4 nitrogen and oxygen atoms in total. The molecule has 2 rings (SSSR count). The minimum absolute atomic E-state index is 0.0641. The van der Waals surface area contributed by atoms with Gasteiger partial charge in [0.25, 0.3) is 0 Å². The third-order valence-electron chi connectivity index (χ3n) is 3.95. The Kier molecular flexibility index (Phi) is 6.56. The molecule has 0 saturated carbocycles. The number of methoxy groups -OCH3 is 1. The van der Waals surface area contributed by atoms with Gasteiger partial charge in [-0.15, -0.1) is 0 Å². The Morgan fingerprint density at radius 2 is 1.92 bits per heavy atom. The van der Waals surface area contributed by atoms with Crippen LogP contribution in [-0.4, -0.2) is 19.1 Å². The molecule has 134 valence electrons. The summed E-state index contributed by atoms with van der Waals surface area (Å²) in [5.41, 5.74) is 2.00. The van der Waals surface area contributed by atoms with Crippen LogP contribution in [0.5, 0.6) is 5.75 Å².